The molecule has 0 aromatic heterocycles. The molecule has 0 rings (SSSR count). The Kier molecular flexibility index (Phi) is 4.84. The van der Waals surface area contributed by atoms with E-state index in [-0.39, 0.29) is 0 Å². The van der Waals surface area contributed by atoms with E-state index in [2.05, 4.69) is 9.05 Å². The number of hydrogen-bond donors (Lipinski definition) is 0. The third-order valence-electron chi connectivity index (χ3n) is 0.414. The Morgan fingerprint density at radius 3 is 1.78 bits per heavy atom. The Morgan fingerprint density at radius 2 is 1.56 bits per heavy atom. The number of hydrogen-bond acceptors (Lipinski definition) is 3. The summed E-state index contributed by atoms with van der Waals surface area (Å²) in [6, 6.07) is -0.921. The second kappa shape index (κ2) is 4.50. The molecule has 7 heteroatoms. The van der Waals surface area contributed by atoms with Crippen LogP contribution in [0.5, 0.6) is 0 Å². The zero-order valence-electron chi connectivity index (χ0n) is 4.25. The summed E-state index contributed by atoms with van der Waals surface area (Å²) in [5.41, 5.74) is 0. The maximum Gasteiger partial charge on any atom is 0.504 e. The fourth-order valence-electron chi connectivity index (χ4n) is 0.157. The van der Waals surface area contributed by atoms with E-state index >= 15 is 0 Å². The van der Waals surface area contributed by atoms with Crippen LogP contribution in [0.4, 0.5) is 0 Å². The second-order valence-corrected chi connectivity index (χ2v) is 2.77. The van der Waals surface area contributed by atoms with E-state index in [1.807, 2.05) is 0 Å². The van der Waals surface area contributed by atoms with Crippen LogP contribution in [0.2, 0.25) is 0 Å². The fraction of sp³-hybridized carbons (Fsp3) is 1.00. The van der Waals surface area contributed by atoms with Crippen LogP contribution in [-0.4, -0.2) is 12.1 Å². The smallest absolute Gasteiger partial charge is 0.269 e. The van der Waals surface area contributed by atoms with Crippen LogP contribution < -0.4 is 0 Å². The molecule has 0 saturated heterocycles. The largest absolute Gasteiger partial charge is 0.504 e. The van der Waals surface area contributed by atoms with Crippen molar-refractivity contribution in [3.63, 3.8) is 0 Å². The van der Waals surface area contributed by atoms with Gasteiger partial charge < -0.3 is 0 Å². The maximum absolute atomic E-state index is 10.2. The van der Waals surface area contributed by atoms with Gasteiger partial charge in [0.1, 0.15) is 12.1 Å². The van der Waals surface area contributed by atoms with Gasteiger partial charge in [-0.1, -0.05) is 23.2 Å². The van der Waals surface area contributed by atoms with E-state index in [9.17, 15) is 9.46 Å². The predicted molar refractivity (Wildman–Crippen MR) is 31.9 cm³/mol. The van der Waals surface area contributed by atoms with Crippen molar-refractivity contribution in [3.8, 4) is 0 Å². The Bertz CT molecular complexity index is 107. The molecule has 0 saturated carbocycles. The van der Waals surface area contributed by atoms with Gasteiger partial charge in [-0.05, 0) is 0 Å². The molecule has 0 unspecified atom stereocenters. The first-order chi connectivity index (χ1) is 4.12. The minimum atomic E-state index is -4.21. The highest BCUT2D eigenvalue weighted by molar-refractivity contribution is 7.47. The van der Waals surface area contributed by atoms with Gasteiger partial charge in [-0.25, -0.2) is 4.57 Å². The molecular formula is C2H4Cl2O4P. The molecule has 0 spiro atoms. The molecule has 0 bridgehead atoms. The minimum absolute atomic E-state index is 0.461. The van der Waals surface area contributed by atoms with Gasteiger partial charge in [-0.15, -0.1) is 4.89 Å². The van der Waals surface area contributed by atoms with Crippen LogP contribution in [-0.2, 0) is 18.5 Å². The van der Waals surface area contributed by atoms with Crippen LogP contribution in [0, 0.1) is 0 Å². The standard InChI is InChI=1S/C2H4Cl2O4P/c3-1-7-9(5,6)8-2-4/h1-2H2. The normalized spacial score (nSPS) is 11.9. The second-order valence-electron chi connectivity index (χ2n) is 0.924. The molecule has 0 aliphatic carbocycles. The molecule has 0 heterocycles. The summed E-state index contributed by atoms with van der Waals surface area (Å²) in [5.74, 6) is 0. The first kappa shape index (κ1) is 9.69. The molecule has 1 radical (unpaired) electrons. The van der Waals surface area contributed by atoms with E-state index in [1.165, 1.54) is 0 Å². The molecule has 0 atom stereocenters. The lowest BCUT2D eigenvalue weighted by atomic mass is 11.7. The molecule has 9 heavy (non-hydrogen) atoms. The van der Waals surface area contributed by atoms with Crippen molar-refractivity contribution < 1.29 is 18.5 Å². The van der Waals surface area contributed by atoms with Crippen molar-refractivity contribution in [1.29, 1.82) is 0 Å². The lowest BCUT2D eigenvalue weighted by Gasteiger charge is -2.03. The zero-order chi connectivity index (χ0) is 7.33. The fourth-order valence-corrected chi connectivity index (χ4v) is 1.19. The summed E-state index contributed by atoms with van der Waals surface area (Å²) in [5, 5.41) is 0. The van der Waals surface area contributed by atoms with Gasteiger partial charge in [0.15, 0.2) is 0 Å². The van der Waals surface area contributed by atoms with E-state index in [4.69, 9.17) is 23.2 Å². The van der Waals surface area contributed by atoms with Crippen molar-refractivity contribution >= 4 is 31.0 Å². The van der Waals surface area contributed by atoms with E-state index in [1.54, 1.807) is 0 Å². The molecule has 0 aliphatic heterocycles. The summed E-state index contributed by atoms with van der Waals surface area (Å²) >= 11 is 9.81. The molecule has 4 nitrogen and oxygen atoms in total. The third-order valence-corrected chi connectivity index (χ3v) is 1.83. The van der Waals surface area contributed by atoms with Crippen molar-refractivity contribution in [2.75, 3.05) is 12.1 Å². The van der Waals surface area contributed by atoms with Gasteiger partial charge in [-0.3, -0.25) is 9.05 Å². The van der Waals surface area contributed by atoms with Crippen LogP contribution in [0.3, 0.4) is 0 Å². The molecule has 0 amide bonds. The molecule has 0 aromatic rings. The van der Waals surface area contributed by atoms with Crippen LogP contribution in [0.25, 0.3) is 0 Å². The van der Waals surface area contributed by atoms with Crippen molar-refractivity contribution in [2.45, 2.75) is 0 Å². The number of rotatable bonds is 4. The number of alkyl halides is 2. The molecule has 0 aliphatic rings. The van der Waals surface area contributed by atoms with Crippen LogP contribution in [0.15, 0.2) is 0 Å². The summed E-state index contributed by atoms with van der Waals surface area (Å²) < 4.78 is 18.1. The van der Waals surface area contributed by atoms with Crippen LogP contribution >= 0.6 is 31.0 Å². The van der Waals surface area contributed by atoms with Crippen molar-refractivity contribution in [1.82, 2.24) is 0 Å². The van der Waals surface area contributed by atoms with E-state index in [0.717, 1.165) is 0 Å². The Labute approximate surface area is 62.3 Å². The molecule has 0 N–H and O–H groups in total. The van der Waals surface area contributed by atoms with E-state index < -0.39 is 20.0 Å². The summed E-state index contributed by atoms with van der Waals surface area (Å²) in [4.78, 5) is 10.2. The van der Waals surface area contributed by atoms with Gasteiger partial charge in [0, 0.05) is 0 Å². The number of halogens is 2. The van der Waals surface area contributed by atoms with Crippen molar-refractivity contribution in [2.24, 2.45) is 0 Å². The SMILES string of the molecule is [O]P(=O)(OCCl)OCCl. The van der Waals surface area contributed by atoms with Gasteiger partial charge >= 0.3 is 7.82 Å². The highest BCUT2D eigenvalue weighted by Gasteiger charge is 2.21. The summed E-state index contributed by atoms with van der Waals surface area (Å²) in [6.07, 6.45) is 0. The highest BCUT2D eigenvalue weighted by atomic mass is 35.5. The molecule has 55 valence electrons. The zero-order valence-corrected chi connectivity index (χ0v) is 6.66. The van der Waals surface area contributed by atoms with Crippen LogP contribution in [0.1, 0.15) is 0 Å². The van der Waals surface area contributed by atoms with Crippen molar-refractivity contribution in [3.05, 3.63) is 0 Å². The topological polar surface area (TPSA) is 55.4 Å². The minimum Gasteiger partial charge on any atom is -0.269 e. The average molecular weight is 194 g/mol. The predicted octanol–water partition coefficient (Wildman–Crippen LogP) is 1.95. The van der Waals surface area contributed by atoms with Gasteiger partial charge in [0.05, 0.1) is 0 Å². The first-order valence-corrected chi connectivity index (χ1v) is 4.37. The lowest BCUT2D eigenvalue weighted by Crippen LogP contribution is -1.89. The molecule has 0 aromatic carbocycles. The summed E-state index contributed by atoms with van der Waals surface area (Å²) in [6.45, 7) is 0. The maximum atomic E-state index is 10.2. The molecular weight excluding hydrogens is 190 g/mol. The van der Waals surface area contributed by atoms with Gasteiger partial charge in [0.2, 0.25) is 0 Å². The van der Waals surface area contributed by atoms with Gasteiger partial charge in [-0.2, -0.15) is 0 Å². The average Bonchev–Trinajstić information content (AvgIpc) is 1.64. The highest BCUT2D eigenvalue weighted by Crippen LogP contribution is 2.44. The summed E-state index contributed by atoms with van der Waals surface area (Å²) in [7, 11) is -4.21. The van der Waals surface area contributed by atoms with Gasteiger partial charge in [0.25, 0.3) is 0 Å². The first-order valence-electron chi connectivity index (χ1n) is 1.84. The lowest BCUT2D eigenvalue weighted by molar-refractivity contribution is 0.162. The Hall–Kier alpha value is 0.690. The van der Waals surface area contributed by atoms with E-state index in [0.29, 0.717) is 0 Å². The molecule has 0 fully saturated rings. The Balaban J connectivity index is 3.58. The Morgan fingerprint density at radius 1 is 1.22 bits per heavy atom. The monoisotopic (exact) mass is 193 g/mol. The quantitative estimate of drug-likeness (QED) is 0.507. The third kappa shape index (κ3) is 5.15.